The van der Waals surface area contributed by atoms with Gasteiger partial charge in [-0.05, 0) is 26.0 Å². The van der Waals surface area contributed by atoms with Crippen molar-refractivity contribution in [2.45, 2.75) is 13.8 Å². The van der Waals surface area contributed by atoms with Crippen LogP contribution in [0.25, 0.3) is 27.3 Å². The van der Waals surface area contributed by atoms with Gasteiger partial charge in [-0.2, -0.15) is 10.2 Å². The fraction of sp³-hybridized carbons (Fsp3) is 0.211. The van der Waals surface area contributed by atoms with Crippen molar-refractivity contribution >= 4 is 28.9 Å². The number of pyridine rings is 1. The Morgan fingerprint density at radius 1 is 1.11 bits per heavy atom. The zero-order valence-corrected chi connectivity index (χ0v) is 16.0. The van der Waals surface area contributed by atoms with Crippen molar-refractivity contribution in [2.75, 3.05) is 6.54 Å². The number of fused-ring (bicyclic) bond motifs is 1. The van der Waals surface area contributed by atoms with Crippen LogP contribution in [0.15, 0.2) is 40.6 Å². The van der Waals surface area contributed by atoms with E-state index in [0.29, 0.717) is 6.54 Å². The van der Waals surface area contributed by atoms with E-state index in [-0.39, 0.29) is 0 Å². The Bertz CT molecular complexity index is 1240. The number of thiazole rings is 1. The quantitative estimate of drug-likeness (QED) is 0.551. The van der Waals surface area contributed by atoms with E-state index < -0.39 is 0 Å². The molecule has 5 heterocycles. The molecule has 0 N–H and O–H groups in total. The molecule has 0 aromatic carbocycles. The van der Waals surface area contributed by atoms with E-state index in [9.17, 15) is 0 Å². The standard InChI is InChI=1S/C19H17N7S/c1-11-13(10-25(3)23-11)16-17(18-20-7-8-21-18)27-19(22-16)15-12(2)24-26-9-5-4-6-14(15)26/h4-7,9-10H,8H2,1-3H3. The van der Waals surface area contributed by atoms with E-state index in [0.717, 1.165) is 49.4 Å². The fourth-order valence-electron chi connectivity index (χ4n) is 3.40. The Balaban J connectivity index is 1.77. The Labute approximate surface area is 159 Å². The van der Waals surface area contributed by atoms with Crippen LogP contribution >= 0.6 is 11.3 Å². The molecule has 0 unspecified atom stereocenters. The maximum Gasteiger partial charge on any atom is 0.167 e. The van der Waals surface area contributed by atoms with Gasteiger partial charge in [-0.15, -0.1) is 11.3 Å². The third-order valence-electron chi connectivity index (χ3n) is 4.56. The van der Waals surface area contributed by atoms with E-state index in [1.165, 1.54) is 0 Å². The molecule has 8 heteroatoms. The molecule has 0 atom stereocenters. The first-order chi connectivity index (χ1) is 13.1. The molecule has 7 nitrogen and oxygen atoms in total. The highest BCUT2D eigenvalue weighted by molar-refractivity contribution is 7.17. The highest BCUT2D eigenvalue weighted by Gasteiger charge is 2.24. The fourth-order valence-corrected chi connectivity index (χ4v) is 4.55. The number of aromatic nitrogens is 5. The molecule has 0 spiro atoms. The molecule has 0 saturated heterocycles. The van der Waals surface area contributed by atoms with Crippen molar-refractivity contribution in [2.24, 2.45) is 17.0 Å². The second-order valence-electron chi connectivity index (χ2n) is 6.47. The van der Waals surface area contributed by atoms with Gasteiger partial charge in [-0.1, -0.05) is 6.07 Å². The summed E-state index contributed by atoms with van der Waals surface area (Å²) in [5.41, 5.74) is 5.88. The second-order valence-corrected chi connectivity index (χ2v) is 7.46. The van der Waals surface area contributed by atoms with Crippen LogP contribution in [-0.2, 0) is 7.05 Å². The number of hydrogen-bond donors (Lipinski definition) is 0. The van der Waals surface area contributed by atoms with Crippen LogP contribution in [0.4, 0.5) is 0 Å². The summed E-state index contributed by atoms with van der Waals surface area (Å²) in [7, 11) is 1.92. The first-order valence-corrected chi connectivity index (χ1v) is 9.46. The average molecular weight is 375 g/mol. The monoisotopic (exact) mass is 375 g/mol. The lowest BCUT2D eigenvalue weighted by molar-refractivity contribution is 0.756. The van der Waals surface area contributed by atoms with Crippen LogP contribution in [0.2, 0.25) is 0 Å². The van der Waals surface area contributed by atoms with Gasteiger partial charge in [0.2, 0.25) is 0 Å². The number of aliphatic imine (C=N–C) groups is 2. The van der Waals surface area contributed by atoms with Crippen LogP contribution in [0.3, 0.4) is 0 Å². The Hall–Kier alpha value is -3.13. The molecular formula is C19H17N7S. The van der Waals surface area contributed by atoms with Crippen molar-refractivity contribution < 1.29 is 0 Å². The summed E-state index contributed by atoms with van der Waals surface area (Å²) >= 11 is 1.61. The lowest BCUT2D eigenvalue weighted by Crippen LogP contribution is -1.94. The van der Waals surface area contributed by atoms with Gasteiger partial charge < -0.3 is 0 Å². The molecule has 27 heavy (non-hydrogen) atoms. The SMILES string of the molecule is Cc1nn(C)cc1-c1nc(-c2c(C)nn3ccccc23)sc1C1=NCC=N1. The van der Waals surface area contributed by atoms with Crippen LogP contribution in [0, 0.1) is 13.8 Å². The van der Waals surface area contributed by atoms with Gasteiger partial charge in [0, 0.05) is 31.2 Å². The maximum atomic E-state index is 5.01. The van der Waals surface area contributed by atoms with Gasteiger partial charge in [0.1, 0.15) is 5.01 Å². The normalized spacial score (nSPS) is 13.7. The highest BCUT2D eigenvalue weighted by atomic mass is 32.1. The van der Waals surface area contributed by atoms with E-state index in [1.807, 2.05) is 60.8 Å². The van der Waals surface area contributed by atoms with Crippen molar-refractivity contribution in [3.05, 3.63) is 46.9 Å². The molecular weight excluding hydrogens is 358 g/mol. The number of rotatable bonds is 3. The van der Waals surface area contributed by atoms with Crippen LogP contribution < -0.4 is 0 Å². The molecule has 0 amide bonds. The summed E-state index contributed by atoms with van der Waals surface area (Å²) in [5.74, 6) is 0.742. The van der Waals surface area contributed by atoms with Gasteiger partial charge in [0.25, 0.3) is 0 Å². The van der Waals surface area contributed by atoms with Crippen LogP contribution in [0.5, 0.6) is 0 Å². The zero-order chi connectivity index (χ0) is 18.5. The molecule has 1 aliphatic rings. The van der Waals surface area contributed by atoms with Crippen molar-refractivity contribution in [1.82, 2.24) is 24.4 Å². The summed E-state index contributed by atoms with van der Waals surface area (Å²) in [6.07, 6.45) is 5.78. The molecule has 0 radical (unpaired) electrons. The van der Waals surface area contributed by atoms with E-state index in [2.05, 4.69) is 26.2 Å². The molecule has 1 aliphatic heterocycles. The van der Waals surface area contributed by atoms with E-state index in [1.54, 1.807) is 11.3 Å². The topological polar surface area (TPSA) is 72.7 Å². The Kier molecular flexibility index (Phi) is 3.54. The third kappa shape index (κ3) is 2.52. The predicted octanol–water partition coefficient (Wildman–Crippen LogP) is 3.31. The van der Waals surface area contributed by atoms with Gasteiger partial charge in [-0.25, -0.2) is 14.5 Å². The molecule has 0 fully saturated rings. The molecule has 4 aromatic heterocycles. The van der Waals surface area contributed by atoms with Gasteiger partial charge >= 0.3 is 0 Å². The van der Waals surface area contributed by atoms with Gasteiger partial charge in [0.05, 0.1) is 39.6 Å². The number of hydrogen-bond acceptors (Lipinski definition) is 6. The van der Waals surface area contributed by atoms with Gasteiger partial charge in [0.15, 0.2) is 5.84 Å². The minimum atomic E-state index is 0.615. The second kappa shape index (κ2) is 5.95. The number of aryl methyl sites for hydroxylation is 3. The lowest BCUT2D eigenvalue weighted by atomic mass is 10.1. The molecule has 5 rings (SSSR count). The summed E-state index contributed by atoms with van der Waals surface area (Å²) in [5, 5.41) is 10.0. The molecule has 0 aliphatic carbocycles. The van der Waals surface area contributed by atoms with Crippen molar-refractivity contribution in [1.29, 1.82) is 0 Å². The molecule has 0 bridgehead atoms. The summed E-state index contributed by atoms with van der Waals surface area (Å²) in [4.78, 5) is 15.0. The first-order valence-electron chi connectivity index (χ1n) is 8.65. The predicted molar refractivity (Wildman–Crippen MR) is 108 cm³/mol. The summed E-state index contributed by atoms with van der Waals surface area (Å²) in [6, 6.07) is 6.06. The maximum absolute atomic E-state index is 5.01. The molecule has 4 aromatic rings. The zero-order valence-electron chi connectivity index (χ0n) is 15.2. The van der Waals surface area contributed by atoms with E-state index >= 15 is 0 Å². The summed E-state index contributed by atoms with van der Waals surface area (Å²) < 4.78 is 3.71. The Morgan fingerprint density at radius 3 is 2.74 bits per heavy atom. The molecule has 134 valence electrons. The number of amidine groups is 1. The summed E-state index contributed by atoms with van der Waals surface area (Å²) in [6.45, 7) is 4.63. The van der Waals surface area contributed by atoms with Crippen LogP contribution in [0.1, 0.15) is 16.3 Å². The lowest BCUT2D eigenvalue weighted by Gasteiger charge is -1.98. The minimum Gasteiger partial charge on any atom is -0.275 e. The Morgan fingerprint density at radius 2 is 2.00 bits per heavy atom. The van der Waals surface area contributed by atoms with Crippen molar-refractivity contribution in [3.63, 3.8) is 0 Å². The third-order valence-corrected chi connectivity index (χ3v) is 5.63. The van der Waals surface area contributed by atoms with E-state index in [4.69, 9.17) is 4.98 Å². The minimum absolute atomic E-state index is 0.615. The largest absolute Gasteiger partial charge is 0.275 e. The van der Waals surface area contributed by atoms with Crippen LogP contribution in [-0.4, -0.2) is 43.0 Å². The number of nitrogens with zero attached hydrogens (tertiary/aromatic N) is 7. The first kappa shape index (κ1) is 16.1. The molecule has 0 saturated carbocycles. The smallest absolute Gasteiger partial charge is 0.167 e. The average Bonchev–Trinajstić information content (AvgIpc) is 3.39. The van der Waals surface area contributed by atoms with Crippen molar-refractivity contribution in [3.8, 4) is 21.8 Å². The highest BCUT2D eigenvalue weighted by Crippen LogP contribution is 2.38. The van der Waals surface area contributed by atoms with Gasteiger partial charge in [-0.3, -0.25) is 9.67 Å².